The monoisotopic (exact) mass is 323 g/mol. The Balaban J connectivity index is 1.78. The third kappa shape index (κ3) is 5.66. The molecule has 23 heavy (non-hydrogen) atoms. The molecule has 0 spiro atoms. The van der Waals surface area contributed by atoms with E-state index in [1.165, 1.54) is 25.5 Å². The molecule has 130 valence electrons. The summed E-state index contributed by atoms with van der Waals surface area (Å²) in [5, 5.41) is 13.0. The third-order valence-electron chi connectivity index (χ3n) is 4.41. The van der Waals surface area contributed by atoms with Crippen LogP contribution in [0.2, 0.25) is 0 Å². The highest BCUT2D eigenvalue weighted by molar-refractivity contribution is 5.81. The van der Waals surface area contributed by atoms with Crippen molar-refractivity contribution in [2.24, 2.45) is 0 Å². The van der Waals surface area contributed by atoms with Gasteiger partial charge in [0.25, 0.3) is 0 Å². The van der Waals surface area contributed by atoms with Crippen molar-refractivity contribution in [3.05, 3.63) is 24.2 Å². The van der Waals surface area contributed by atoms with Gasteiger partial charge in [-0.1, -0.05) is 26.2 Å². The number of rotatable bonds is 8. The van der Waals surface area contributed by atoms with E-state index in [0.717, 1.165) is 12.8 Å². The van der Waals surface area contributed by atoms with Crippen molar-refractivity contribution in [2.75, 3.05) is 0 Å². The summed E-state index contributed by atoms with van der Waals surface area (Å²) in [5.41, 5.74) is 0. The topological polar surface area (TPSA) is 71.7 Å². The van der Waals surface area contributed by atoms with Gasteiger partial charge in [0.1, 0.15) is 18.0 Å². The number of nitrogens with one attached hydrogen (secondary N) is 1. The van der Waals surface area contributed by atoms with Crippen molar-refractivity contribution >= 4 is 5.91 Å². The summed E-state index contributed by atoms with van der Waals surface area (Å²) in [4.78, 5) is 12.4. The van der Waals surface area contributed by atoms with Crippen LogP contribution in [-0.4, -0.2) is 29.3 Å². The number of amides is 1. The molecule has 1 aromatic rings. The van der Waals surface area contributed by atoms with Gasteiger partial charge in [0.15, 0.2) is 0 Å². The minimum Gasteiger partial charge on any atom is -0.467 e. The van der Waals surface area contributed by atoms with Gasteiger partial charge in [-0.15, -0.1) is 0 Å². The van der Waals surface area contributed by atoms with Crippen LogP contribution in [0.4, 0.5) is 0 Å². The lowest BCUT2D eigenvalue weighted by molar-refractivity contribution is -0.139. The first-order chi connectivity index (χ1) is 11.1. The van der Waals surface area contributed by atoms with Gasteiger partial charge in [-0.05, 0) is 38.3 Å². The Morgan fingerprint density at radius 1 is 1.43 bits per heavy atom. The molecule has 1 saturated carbocycles. The highest BCUT2D eigenvalue weighted by Crippen LogP contribution is 2.23. The summed E-state index contributed by atoms with van der Waals surface area (Å²) >= 11 is 0. The predicted molar refractivity (Wildman–Crippen MR) is 87.9 cm³/mol. The second-order valence-corrected chi connectivity index (χ2v) is 6.47. The van der Waals surface area contributed by atoms with Crippen LogP contribution in [0.25, 0.3) is 0 Å². The molecule has 1 aliphatic rings. The van der Waals surface area contributed by atoms with Gasteiger partial charge >= 0.3 is 0 Å². The second kappa shape index (κ2) is 9.08. The Morgan fingerprint density at radius 3 is 2.78 bits per heavy atom. The van der Waals surface area contributed by atoms with Crippen molar-refractivity contribution < 1.29 is 19.1 Å². The van der Waals surface area contributed by atoms with Crippen LogP contribution in [-0.2, 0) is 9.53 Å². The molecule has 1 aliphatic carbocycles. The standard InChI is InChI=1S/C18H29NO4/c1-3-16(23-14-8-5-4-6-9-14)18(21)19-13(2)12-15(20)17-10-7-11-22-17/h7,10-11,13-16,20H,3-6,8-9,12H2,1-2H3,(H,19,21). The molecule has 1 aromatic heterocycles. The number of ether oxygens (including phenoxy) is 1. The SMILES string of the molecule is CCC(OC1CCCCC1)C(=O)NC(C)CC(O)c1ccco1. The molecule has 2 N–H and O–H groups in total. The molecular formula is C18H29NO4. The fourth-order valence-corrected chi connectivity index (χ4v) is 3.10. The average Bonchev–Trinajstić information content (AvgIpc) is 3.07. The minimum absolute atomic E-state index is 0.0859. The summed E-state index contributed by atoms with van der Waals surface area (Å²) in [5.74, 6) is 0.439. The van der Waals surface area contributed by atoms with Gasteiger partial charge < -0.3 is 19.6 Å². The molecule has 0 saturated heterocycles. The number of carbonyl (C=O) groups excluding carboxylic acids is 1. The Morgan fingerprint density at radius 2 is 2.17 bits per heavy atom. The van der Waals surface area contributed by atoms with Crippen molar-refractivity contribution in [1.29, 1.82) is 0 Å². The van der Waals surface area contributed by atoms with E-state index in [0.29, 0.717) is 18.6 Å². The van der Waals surface area contributed by atoms with Crippen molar-refractivity contribution in [2.45, 2.75) is 83.1 Å². The Kier molecular flexibility index (Phi) is 7.12. The van der Waals surface area contributed by atoms with Crippen molar-refractivity contribution in [3.63, 3.8) is 0 Å². The highest BCUT2D eigenvalue weighted by atomic mass is 16.5. The van der Waals surface area contributed by atoms with E-state index in [1.807, 2.05) is 13.8 Å². The number of carbonyl (C=O) groups is 1. The van der Waals surface area contributed by atoms with Gasteiger partial charge in [0.05, 0.1) is 12.4 Å². The fourth-order valence-electron chi connectivity index (χ4n) is 3.10. The van der Waals surface area contributed by atoms with Crippen LogP contribution in [0, 0.1) is 0 Å². The molecule has 0 aromatic carbocycles. The second-order valence-electron chi connectivity index (χ2n) is 6.47. The third-order valence-corrected chi connectivity index (χ3v) is 4.41. The fraction of sp³-hybridized carbons (Fsp3) is 0.722. The van der Waals surface area contributed by atoms with Gasteiger partial charge in [-0.2, -0.15) is 0 Å². The van der Waals surface area contributed by atoms with E-state index >= 15 is 0 Å². The van der Waals surface area contributed by atoms with Crippen molar-refractivity contribution in [1.82, 2.24) is 5.32 Å². The summed E-state index contributed by atoms with van der Waals surface area (Å²) in [7, 11) is 0. The molecule has 5 nitrogen and oxygen atoms in total. The number of furan rings is 1. The molecule has 3 atom stereocenters. The van der Waals surface area contributed by atoms with Crippen LogP contribution >= 0.6 is 0 Å². The van der Waals surface area contributed by atoms with Crippen LogP contribution < -0.4 is 5.32 Å². The largest absolute Gasteiger partial charge is 0.467 e. The molecule has 1 heterocycles. The van der Waals surface area contributed by atoms with Gasteiger partial charge in [0.2, 0.25) is 5.91 Å². The molecule has 1 amide bonds. The first kappa shape index (κ1) is 18.0. The quantitative estimate of drug-likeness (QED) is 0.769. The molecule has 5 heteroatoms. The predicted octanol–water partition coefficient (Wildman–Crippen LogP) is 3.34. The lowest BCUT2D eigenvalue weighted by atomic mass is 9.97. The number of hydrogen-bond donors (Lipinski definition) is 2. The maximum absolute atomic E-state index is 12.4. The summed E-state index contributed by atoms with van der Waals surface area (Å²) in [6, 6.07) is 3.33. The van der Waals surface area contributed by atoms with Gasteiger partial charge in [0, 0.05) is 12.5 Å². The van der Waals surface area contributed by atoms with E-state index < -0.39 is 12.2 Å². The first-order valence-electron chi connectivity index (χ1n) is 8.77. The normalized spacial score (nSPS) is 20.0. The Hall–Kier alpha value is -1.33. The molecule has 1 fully saturated rings. The summed E-state index contributed by atoms with van der Waals surface area (Å²) in [6.07, 6.45) is 7.46. The van der Waals surface area contributed by atoms with E-state index in [-0.39, 0.29) is 18.1 Å². The average molecular weight is 323 g/mol. The number of aliphatic hydroxyl groups is 1. The van der Waals surface area contributed by atoms with Crippen LogP contribution in [0.5, 0.6) is 0 Å². The van der Waals surface area contributed by atoms with Crippen LogP contribution in [0.15, 0.2) is 22.8 Å². The smallest absolute Gasteiger partial charge is 0.249 e. The van der Waals surface area contributed by atoms with E-state index in [1.54, 1.807) is 12.1 Å². The Bertz CT molecular complexity index is 454. The molecule has 3 unspecified atom stereocenters. The minimum atomic E-state index is -0.709. The zero-order valence-corrected chi connectivity index (χ0v) is 14.2. The molecular weight excluding hydrogens is 294 g/mol. The van der Waals surface area contributed by atoms with Gasteiger partial charge in [-0.25, -0.2) is 0 Å². The summed E-state index contributed by atoms with van der Waals surface area (Å²) < 4.78 is 11.2. The highest BCUT2D eigenvalue weighted by Gasteiger charge is 2.25. The molecule has 0 radical (unpaired) electrons. The summed E-state index contributed by atoms with van der Waals surface area (Å²) in [6.45, 7) is 3.85. The van der Waals surface area contributed by atoms with Gasteiger partial charge in [-0.3, -0.25) is 4.79 Å². The molecule has 0 aliphatic heterocycles. The maximum Gasteiger partial charge on any atom is 0.249 e. The molecule has 2 rings (SSSR count). The van der Waals surface area contributed by atoms with E-state index in [2.05, 4.69) is 5.32 Å². The Labute approximate surface area is 138 Å². The number of aliphatic hydroxyl groups excluding tert-OH is 1. The zero-order chi connectivity index (χ0) is 16.7. The zero-order valence-electron chi connectivity index (χ0n) is 14.2. The lowest BCUT2D eigenvalue weighted by Gasteiger charge is -2.27. The number of hydrogen-bond acceptors (Lipinski definition) is 4. The van der Waals surface area contributed by atoms with Crippen LogP contribution in [0.3, 0.4) is 0 Å². The van der Waals surface area contributed by atoms with E-state index in [4.69, 9.17) is 9.15 Å². The van der Waals surface area contributed by atoms with Crippen molar-refractivity contribution in [3.8, 4) is 0 Å². The first-order valence-corrected chi connectivity index (χ1v) is 8.77. The van der Waals surface area contributed by atoms with E-state index in [9.17, 15) is 9.90 Å². The van der Waals surface area contributed by atoms with Crippen LogP contribution in [0.1, 0.15) is 70.7 Å². The lowest BCUT2D eigenvalue weighted by Crippen LogP contribution is -2.43. The molecule has 0 bridgehead atoms. The maximum atomic E-state index is 12.4.